The molecule has 0 aliphatic carbocycles. The monoisotopic (exact) mass is 391 g/mol. The molecular weight excluding hydrogens is 373 g/mol. The van der Waals surface area contributed by atoms with E-state index in [1.54, 1.807) is 12.1 Å². The molecule has 2 aromatic rings. The van der Waals surface area contributed by atoms with Crippen molar-refractivity contribution in [3.05, 3.63) is 52.8 Å². The summed E-state index contributed by atoms with van der Waals surface area (Å²) in [4.78, 5) is 0. The average molecular weight is 392 g/mol. The molecule has 2 aliphatic rings. The molecule has 0 saturated carbocycles. The molecule has 24 heavy (non-hydrogen) atoms. The molecule has 2 fully saturated rings. The first-order valence-corrected chi connectivity index (χ1v) is 9.09. The van der Waals surface area contributed by atoms with Gasteiger partial charge in [-0.25, -0.2) is 4.39 Å². The lowest BCUT2D eigenvalue weighted by Crippen LogP contribution is -2.24. The normalized spacial score (nSPS) is 25.0. The zero-order valence-corrected chi connectivity index (χ0v) is 14.8. The van der Waals surface area contributed by atoms with E-state index in [1.807, 2.05) is 24.3 Å². The predicted molar refractivity (Wildman–Crippen MR) is 95.1 cm³/mol. The molecule has 2 heterocycles. The number of anilines is 1. The molecule has 0 spiro atoms. The molecule has 2 aliphatic heterocycles. The summed E-state index contributed by atoms with van der Waals surface area (Å²) in [6.45, 7) is 0.951. The second-order valence-electron chi connectivity index (χ2n) is 6.45. The van der Waals surface area contributed by atoms with E-state index in [4.69, 9.17) is 9.47 Å². The second kappa shape index (κ2) is 6.73. The van der Waals surface area contributed by atoms with Crippen LogP contribution in [0.4, 0.5) is 10.1 Å². The summed E-state index contributed by atoms with van der Waals surface area (Å²) in [7, 11) is 0. The maximum absolute atomic E-state index is 13.2. The van der Waals surface area contributed by atoms with E-state index in [9.17, 15) is 4.39 Å². The minimum Gasteiger partial charge on any atom is -0.457 e. The van der Waals surface area contributed by atoms with Crippen LogP contribution in [0.15, 0.2) is 46.9 Å². The van der Waals surface area contributed by atoms with Gasteiger partial charge in [0.05, 0.1) is 16.7 Å². The van der Waals surface area contributed by atoms with Crippen LogP contribution in [-0.4, -0.2) is 18.8 Å². The van der Waals surface area contributed by atoms with Crippen molar-refractivity contribution >= 4 is 21.6 Å². The standard InChI is InChI=1S/C19H19BrFNO2/c20-17-10-16(5-7-18(17)21)23-14-3-1-13(2-4-14)22-11-12-9-15-6-8-19(12)24-15/h1-5,7,10,12,15,19,22H,6,8-9,11H2. The first-order chi connectivity index (χ1) is 11.7. The summed E-state index contributed by atoms with van der Waals surface area (Å²) in [6, 6.07) is 12.4. The van der Waals surface area contributed by atoms with Gasteiger partial charge in [0, 0.05) is 18.2 Å². The molecule has 2 saturated heterocycles. The fourth-order valence-electron chi connectivity index (χ4n) is 3.52. The van der Waals surface area contributed by atoms with E-state index in [0.29, 0.717) is 28.3 Å². The molecule has 2 aromatic carbocycles. The summed E-state index contributed by atoms with van der Waals surface area (Å²) in [5.74, 6) is 1.65. The topological polar surface area (TPSA) is 30.5 Å². The number of halogens is 2. The predicted octanol–water partition coefficient (Wildman–Crippen LogP) is 5.36. The van der Waals surface area contributed by atoms with Crippen LogP contribution in [0.25, 0.3) is 0 Å². The van der Waals surface area contributed by atoms with Crippen LogP contribution in [-0.2, 0) is 4.74 Å². The Balaban J connectivity index is 1.33. The van der Waals surface area contributed by atoms with Gasteiger partial charge in [-0.15, -0.1) is 0 Å². The Morgan fingerprint density at radius 1 is 1.12 bits per heavy atom. The number of fused-ring (bicyclic) bond motifs is 2. The van der Waals surface area contributed by atoms with Gasteiger partial charge in [-0.3, -0.25) is 0 Å². The molecule has 0 amide bonds. The SMILES string of the molecule is Fc1ccc(Oc2ccc(NCC3CC4CCC3O4)cc2)cc1Br. The molecule has 3 unspecified atom stereocenters. The number of hydrogen-bond donors (Lipinski definition) is 1. The van der Waals surface area contributed by atoms with E-state index in [1.165, 1.54) is 25.3 Å². The number of rotatable bonds is 5. The highest BCUT2D eigenvalue weighted by Gasteiger charge is 2.40. The average Bonchev–Trinajstić information content (AvgIpc) is 3.21. The Morgan fingerprint density at radius 3 is 2.58 bits per heavy atom. The quantitative estimate of drug-likeness (QED) is 0.743. The van der Waals surface area contributed by atoms with Crippen molar-refractivity contribution in [1.82, 2.24) is 0 Å². The van der Waals surface area contributed by atoms with Gasteiger partial charge in [-0.2, -0.15) is 0 Å². The summed E-state index contributed by atoms with van der Waals surface area (Å²) in [5.41, 5.74) is 1.07. The van der Waals surface area contributed by atoms with Crippen LogP contribution >= 0.6 is 15.9 Å². The minimum atomic E-state index is -0.300. The van der Waals surface area contributed by atoms with Crippen molar-refractivity contribution in [1.29, 1.82) is 0 Å². The summed E-state index contributed by atoms with van der Waals surface area (Å²) < 4.78 is 25.3. The molecule has 5 heteroatoms. The van der Waals surface area contributed by atoms with Gasteiger partial charge in [-0.1, -0.05) is 0 Å². The van der Waals surface area contributed by atoms with E-state index in [-0.39, 0.29) is 5.82 Å². The van der Waals surface area contributed by atoms with Crippen LogP contribution < -0.4 is 10.1 Å². The smallest absolute Gasteiger partial charge is 0.137 e. The first-order valence-electron chi connectivity index (χ1n) is 8.30. The molecule has 4 rings (SSSR count). The molecule has 0 radical (unpaired) electrons. The Labute approximate surface area is 149 Å². The van der Waals surface area contributed by atoms with Gasteiger partial charge in [0.1, 0.15) is 17.3 Å². The van der Waals surface area contributed by atoms with E-state index in [2.05, 4.69) is 21.2 Å². The Bertz CT molecular complexity index is 722. The summed E-state index contributed by atoms with van der Waals surface area (Å²) in [6.07, 6.45) is 4.55. The van der Waals surface area contributed by atoms with Gasteiger partial charge < -0.3 is 14.8 Å². The third kappa shape index (κ3) is 3.42. The highest BCUT2D eigenvalue weighted by molar-refractivity contribution is 9.10. The third-order valence-corrected chi connectivity index (χ3v) is 5.39. The van der Waals surface area contributed by atoms with E-state index >= 15 is 0 Å². The highest BCUT2D eigenvalue weighted by Crippen LogP contribution is 2.38. The Hall–Kier alpha value is -1.59. The molecule has 3 nitrogen and oxygen atoms in total. The molecule has 3 atom stereocenters. The Kier molecular flexibility index (Phi) is 4.46. The fraction of sp³-hybridized carbons (Fsp3) is 0.368. The lowest BCUT2D eigenvalue weighted by molar-refractivity contribution is 0.0941. The lowest BCUT2D eigenvalue weighted by Gasteiger charge is -2.19. The van der Waals surface area contributed by atoms with Crippen molar-refractivity contribution < 1.29 is 13.9 Å². The lowest BCUT2D eigenvalue weighted by atomic mass is 9.89. The first kappa shape index (κ1) is 15.9. The molecule has 126 valence electrons. The third-order valence-electron chi connectivity index (χ3n) is 4.78. The van der Waals surface area contributed by atoms with E-state index in [0.717, 1.165) is 18.0 Å². The van der Waals surface area contributed by atoms with Gasteiger partial charge in [-0.05, 0) is 77.7 Å². The van der Waals surface area contributed by atoms with Crippen molar-refractivity contribution in [3.8, 4) is 11.5 Å². The van der Waals surface area contributed by atoms with Crippen molar-refractivity contribution in [2.45, 2.75) is 31.5 Å². The van der Waals surface area contributed by atoms with Gasteiger partial charge in [0.25, 0.3) is 0 Å². The zero-order valence-electron chi connectivity index (χ0n) is 13.2. The largest absolute Gasteiger partial charge is 0.457 e. The van der Waals surface area contributed by atoms with Crippen LogP contribution in [0.1, 0.15) is 19.3 Å². The minimum absolute atomic E-state index is 0.300. The van der Waals surface area contributed by atoms with Crippen LogP contribution in [0.3, 0.4) is 0 Å². The van der Waals surface area contributed by atoms with Gasteiger partial charge in [0.2, 0.25) is 0 Å². The van der Waals surface area contributed by atoms with Crippen molar-refractivity contribution in [2.75, 3.05) is 11.9 Å². The molecule has 1 N–H and O–H groups in total. The number of benzene rings is 2. The number of ether oxygens (including phenoxy) is 2. The van der Waals surface area contributed by atoms with Gasteiger partial charge >= 0.3 is 0 Å². The summed E-state index contributed by atoms with van der Waals surface area (Å²) in [5, 5.41) is 3.49. The number of nitrogens with one attached hydrogen (secondary N) is 1. The zero-order chi connectivity index (χ0) is 16.5. The van der Waals surface area contributed by atoms with Crippen LogP contribution in [0.5, 0.6) is 11.5 Å². The second-order valence-corrected chi connectivity index (χ2v) is 7.31. The van der Waals surface area contributed by atoms with E-state index < -0.39 is 0 Å². The van der Waals surface area contributed by atoms with Crippen LogP contribution in [0, 0.1) is 11.7 Å². The Morgan fingerprint density at radius 2 is 1.92 bits per heavy atom. The molecule has 2 bridgehead atoms. The molecule has 0 aromatic heterocycles. The summed E-state index contributed by atoms with van der Waals surface area (Å²) >= 11 is 3.16. The van der Waals surface area contributed by atoms with Crippen LogP contribution in [0.2, 0.25) is 0 Å². The maximum Gasteiger partial charge on any atom is 0.137 e. The number of hydrogen-bond acceptors (Lipinski definition) is 3. The van der Waals surface area contributed by atoms with Crippen molar-refractivity contribution in [3.63, 3.8) is 0 Å². The maximum atomic E-state index is 13.2. The molecular formula is C19H19BrFNO2. The van der Waals surface area contributed by atoms with Gasteiger partial charge in [0.15, 0.2) is 0 Å². The fourth-order valence-corrected chi connectivity index (χ4v) is 3.88. The van der Waals surface area contributed by atoms with Crippen molar-refractivity contribution in [2.24, 2.45) is 5.92 Å². The highest BCUT2D eigenvalue weighted by atomic mass is 79.9.